The van der Waals surface area contributed by atoms with Crippen LogP contribution >= 0.6 is 0 Å². The van der Waals surface area contributed by atoms with Crippen LogP contribution in [0.5, 0.6) is 5.75 Å². The van der Waals surface area contributed by atoms with Crippen molar-refractivity contribution in [3.8, 4) is 5.75 Å². The lowest BCUT2D eigenvalue weighted by Crippen LogP contribution is -2.42. The molecule has 0 aromatic heterocycles. The van der Waals surface area contributed by atoms with Gasteiger partial charge in [-0.3, -0.25) is 14.0 Å². The maximum absolute atomic E-state index is 11.8. The monoisotopic (exact) mass is 371 g/mol. The van der Waals surface area contributed by atoms with Crippen molar-refractivity contribution in [2.24, 2.45) is 0 Å². The van der Waals surface area contributed by atoms with E-state index >= 15 is 0 Å². The number of sulfonamides is 1. The molecule has 1 aliphatic rings. The predicted octanol–water partition coefficient (Wildman–Crippen LogP) is -0.0904. The molecule has 1 aromatic carbocycles. The number of anilines is 1. The number of nitrogens with one attached hydrogen (secondary N) is 1. The average Bonchev–Trinajstić information content (AvgIpc) is 2.60. The number of carbonyl (C=O) groups is 1. The second-order valence-electron chi connectivity index (χ2n) is 5.82. The number of morpholine rings is 1. The molecule has 0 unspecified atom stereocenters. The highest BCUT2D eigenvalue weighted by atomic mass is 32.2. The van der Waals surface area contributed by atoms with Gasteiger partial charge in [0.05, 0.1) is 25.2 Å². The van der Waals surface area contributed by atoms with E-state index in [1.165, 1.54) is 11.4 Å². The van der Waals surface area contributed by atoms with E-state index in [0.717, 1.165) is 39.1 Å². The minimum Gasteiger partial charge on any atom is -0.484 e. The standard InChI is InChI=1S/C16H25N3O5S/c1-18(25(2,21)22)14-3-5-15(6-4-14)24-13-16(20)17-7-8-19-9-11-23-12-10-19/h3-6H,7-13H2,1-2H3,(H,17,20). The topological polar surface area (TPSA) is 88.2 Å². The fourth-order valence-electron chi connectivity index (χ4n) is 2.32. The number of amides is 1. The molecule has 1 N–H and O–H groups in total. The van der Waals surface area contributed by atoms with Crippen molar-refractivity contribution in [2.75, 3.05) is 63.6 Å². The van der Waals surface area contributed by atoms with E-state index in [1.54, 1.807) is 24.3 Å². The Labute approximate surface area is 148 Å². The number of hydrogen-bond donors (Lipinski definition) is 1. The molecule has 1 aliphatic heterocycles. The molecule has 1 amide bonds. The zero-order valence-corrected chi connectivity index (χ0v) is 15.4. The third-order valence-corrected chi connectivity index (χ3v) is 5.13. The Kier molecular flexibility index (Phi) is 7.03. The third-order valence-electron chi connectivity index (χ3n) is 3.92. The summed E-state index contributed by atoms with van der Waals surface area (Å²) in [5.41, 5.74) is 0.532. The lowest BCUT2D eigenvalue weighted by Gasteiger charge is -2.26. The fourth-order valence-corrected chi connectivity index (χ4v) is 2.83. The molecule has 2 rings (SSSR count). The highest BCUT2D eigenvalue weighted by molar-refractivity contribution is 7.92. The smallest absolute Gasteiger partial charge is 0.257 e. The number of hydrogen-bond acceptors (Lipinski definition) is 6. The van der Waals surface area contributed by atoms with Crippen LogP contribution in [0.3, 0.4) is 0 Å². The van der Waals surface area contributed by atoms with Crippen LogP contribution in [0.2, 0.25) is 0 Å². The third kappa shape index (κ3) is 6.52. The summed E-state index contributed by atoms with van der Waals surface area (Å²) in [6.07, 6.45) is 1.14. The van der Waals surface area contributed by atoms with Crippen LogP contribution in [0.15, 0.2) is 24.3 Å². The van der Waals surface area contributed by atoms with Gasteiger partial charge in [-0.05, 0) is 24.3 Å². The number of carbonyl (C=O) groups excluding carboxylic acids is 1. The molecule has 1 saturated heterocycles. The molecule has 0 saturated carbocycles. The number of ether oxygens (including phenoxy) is 2. The van der Waals surface area contributed by atoms with E-state index in [-0.39, 0.29) is 12.5 Å². The Bertz CT molecular complexity index is 657. The zero-order chi connectivity index (χ0) is 18.3. The van der Waals surface area contributed by atoms with E-state index in [0.29, 0.717) is 18.0 Å². The largest absolute Gasteiger partial charge is 0.484 e. The van der Waals surface area contributed by atoms with Crippen LogP contribution in [0.1, 0.15) is 0 Å². The normalized spacial score (nSPS) is 15.6. The predicted molar refractivity (Wildman–Crippen MR) is 95.5 cm³/mol. The summed E-state index contributed by atoms with van der Waals surface area (Å²) < 4.78 is 34.8. The van der Waals surface area contributed by atoms with Gasteiger partial charge in [-0.1, -0.05) is 0 Å². The first kappa shape index (κ1) is 19.5. The number of benzene rings is 1. The molecule has 1 fully saturated rings. The minimum atomic E-state index is -3.30. The maximum Gasteiger partial charge on any atom is 0.257 e. The van der Waals surface area contributed by atoms with Gasteiger partial charge in [0.1, 0.15) is 5.75 Å². The van der Waals surface area contributed by atoms with Gasteiger partial charge < -0.3 is 14.8 Å². The van der Waals surface area contributed by atoms with Crippen molar-refractivity contribution in [3.05, 3.63) is 24.3 Å². The Morgan fingerprint density at radius 3 is 2.52 bits per heavy atom. The molecule has 0 spiro atoms. The van der Waals surface area contributed by atoms with Crippen molar-refractivity contribution in [3.63, 3.8) is 0 Å². The van der Waals surface area contributed by atoms with Crippen molar-refractivity contribution in [1.82, 2.24) is 10.2 Å². The molecule has 0 aliphatic carbocycles. The van der Waals surface area contributed by atoms with Crippen LogP contribution in [-0.2, 0) is 19.6 Å². The molecule has 1 heterocycles. The molecule has 8 nitrogen and oxygen atoms in total. The van der Waals surface area contributed by atoms with Crippen LogP contribution in [0, 0.1) is 0 Å². The molecular weight excluding hydrogens is 346 g/mol. The van der Waals surface area contributed by atoms with Gasteiger partial charge >= 0.3 is 0 Å². The van der Waals surface area contributed by atoms with Crippen molar-refractivity contribution in [2.45, 2.75) is 0 Å². The van der Waals surface area contributed by atoms with Crippen molar-refractivity contribution in [1.29, 1.82) is 0 Å². The first-order chi connectivity index (χ1) is 11.9. The molecule has 140 valence electrons. The summed E-state index contributed by atoms with van der Waals surface area (Å²) in [7, 11) is -1.82. The van der Waals surface area contributed by atoms with E-state index in [9.17, 15) is 13.2 Å². The van der Waals surface area contributed by atoms with Gasteiger partial charge in [-0.15, -0.1) is 0 Å². The van der Waals surface area contributed by atoms with Gasteiger partial charge in [-0.25, -0.2) is 8.42 Å². The summed E-state index contributed by atoms with van der Waals surface area (Å²) in [6.45, 7) is 4.54. The second-order valence-corrected chi connectivity index (χ2v) is 7.83. The zero-order valence-electron chi connectivity index (χ0n) is 14.6. The second kappa shape index (κ2) is 9.02. The summed E-state index contributed by atoms with van der Waals surface area (Å²) in [4.78, 5) is 14.0. The summed E-state index contributed by atoms with van der Waals surface area (Å²) >= 11 is 0. The van der Waals surface area contributed by atoms with Crippen LogP contribution in [0.4, 0.5) is 5.69 Å². The lowest BCUT2D eigenvalue weighted by molar-refractivity contribution is -0.123. The Hall–Kier alpha value is -1.84. The van der Waals surface area contributed by atoms with Crippen LogP contribution in [-0.4, -0.2) is 78.5 Å². The quantitative estimate of drug-likeness (QED) is 0.687. The SMILES string of the molecule is CN(c1ccc(OCC(=O)NCCN2CCOCC2)cc1)S(C)(=O)=O. The molecule has 0 atom stereocenters. The van der Waals surface area contributed by atoms with E-state index in [4.69, 9.17) is 9.47 Å². The Morgan fingerprint density at radius 1 is 1.28 bits per heavy atom. The van der Waals surface area contributed by atoms with Crippen molar-refractivity contribution < 1.29 is 22.7 Å². The van der Waals surface area contributed by atoms with Crippen LogP contribution < -0.4 is 14.4 Å². The highest BCUT2D eigenvalue weighted by Crippen LogP contribution is 2.20. The van der Waals surface area contributed by atoms with E-state index in [2.05, 4.69) is 10.2 Å². The summed E-state index contributed by atoms with van der Waals surface area (Å²) in [5.74, 6) is 0.319. The first-order valence-electron chi connectivity index (χ1n) is 8.10. The summed E-state index contributed by atoms with van der Waals surface area (Å²) in [6, 6.07) is 6.54. The molecule has 1 aromatic rings. The minimum absolute atomic E-state index is 0.0790. The van der Waals surface area contributed by atoms with Gasteiger partial charge in [0.15, 0.2) is 6.61 Å². The first-order valence-corrected chi connectivity index (χ1v) is 9.94. The average molecular weight is 371 g/mol. The molecule has 0 radical (unpaired) electrons. The Morgan fingerprint density at radius 2 is 1.92 bits per heavy atom. The van der Waals surface area contributed by atoms with Gasteiger partial charge in [0.25, 0.3) is 5.91 Å². The van der Waals surface area contributed by atoms with E-state index in [1.807, 2.05) is 0 Å². The van der Waals surface area contributed by atoms with Gasteiger partial charge in [0, 0.05) is 33.2 Å². The van der Waals surface area contributed by atoms with Gasteiger partial charge in [0.2, 0.25) is 10.0 Å². The number of rotatable bonds is 8. The Balaban J connectivity index is 1.70. The van der Waals surface area contributed by atoms with E-state index < -0.39 is 10.0 Å². The maximum atomic E-state index is 11.8. The summed E-state index contributed by atoms with van der Waals surface area (Å²) in [5, 5.41) is 2.82. The van der Waals surface area contributed by atoms with Crippen molar-refractivity contribution >= 4 is 21.6 Å². The van der Waals surface area contributed by atoms with Gasteiger partial charge in [-0.2, -0.15) is 0 Å². The number of nitrogens with zero attached hydrogens (tertiary/aromatic N) is 2. The lowest BCUT2D eigenvalue weighted by atomic mass is 10.3. The molecular formula is C16H25N3O5S. The fraction of sp³-hybridized carbons (Fsp3) is 0.562. The molecule has 25 heavy (non-hydrogen) atoms. The molecule has 9 heteroatoms. The van der Waals surface area contributed by atoms with Crippen LogP contribution in [0.25, 0.3) is 0 Å². The molecule has 0 bridgehead atoms. The highest BCUT2D eigenvalue weighted by Gasteiger charge is 2.12.